The van der Waals surface area contributed by atoms with Crippen LogP contribution < -0.4 is 9.47 Å². The number of fused-ring (bicyclic) bond motifs is 3. The molecule has 0 N–H and O–H groups in total. The van der Waals surface area contributed by atoms with Crippen molar-refractivity contribution in [2.75, 3.05) is 13.8 Å². The van der Waals surface area contributed by atoms with Crippen molar-refractivity contribution in [1.29, 1.82) is 5.26 Å². The maximum atomic E-state index is 13.5. The first-order valence-electron chi connectivity index (χ1n) is 8.56. The van der Waals surface area contributed by atoms with E-state index in [-0.39, 0.29) is 25.0 Å². The molecule has 5 aliphatic heterocycles. The van der Waals surface area contributed by atoms with Crippen LogP contribution in [0.2, 0.25) is 0 Å². The number of nitriles is 1. The van der Waals surface area contributed by atoms with Gasteiger partial charge in [0.15, 0.2) is 21.2 Å². The Hall–Kier alpha value is -2.05. The molecule has 1 spiro atoms. The first-order chi connectivity index (χ1) is 12.8. The summed E-state index contributed by atoms with van der Waals surface area (Å²) in [5.41, 5.74) is -0.117. The number of piperazine rings is 1. The van der Waals surface area contributed by atoms with Crippen LogP contribution >= 0.6 is 21.6 Å². The van der Waals surface area contributed by atoms with Gasteiger partial charge in [0.05, 0.1) is 17.5 Å². The number of hydrogen-bond acceptors (Lipinski definition) is 7. The molecule has 9 heteroatoms. The lowest BCUT2D eigenvalue weighted by Gasteiger charge is -2.57. The third kappa shape index (κ3) is 1.85. The molecule has 1 aromatic carbocycles. The number of nitrogens with zero attached hydrogens (tertiary/aromatic N) is 3. The van der Waals surface area contributed by atoms with Crippen LogP contribution in [0.15, 0.2) is 18.2 Å². The van der Waals surface area contributed by atoms with Crippen LogP contribution in [-0.2, 0) is 9.59 Å². The molecule has 7 nitrogen and oxygen atoms in total. The summed E-state index contributed by atoms with van der Waals surface area (Å²) in [7, 11) is 4.49. The molecule has 1 aromatic rings. The number of carbonyl (C=O) groups is 2. The molecular formula is C18H17N3O4S2. The van der Waals surface area contributed by atoms with Crippen molar-refractivity contribution >= 4 is 33.4 Å². The smallest absolute Gasteiger partial charge is 0.261 e. The van der Waals surface area contributed by atoms with Crippen molar-refractivity contribution < 1.29 is 19.1 Å². The zero-order valence-corrected chi connectivity index (χ0v) is 16.6. The predicted octanol–water partition coefficient (Wildman–Crippen LogP) is 2.50. The summed E-state index contributed by atoms with van der Waals surface area (Å²) in [5, 5.41) is 10.0. The molecule has 5 aliphatic rings. The topological polar surface area (TPSA) is 82.9 Å². The van der Waals surface area contributed by atoms with Gasteiger partial charge in [0.25, 0.3) is 11.8 Å². The van der Waals surface area contributed by atoms with Crippen molar-refractivity contribution in [2.24, 2.45) is 5.41 Å². The van der Waals surface area contributed by atoms with Gasteiger partial charge in [0.2, 0.25) is 6.79 Å². The molecule has 140 valence electrons. The second kappa shape index (κ2) is 5.06. The van der Waals surface area contributed by atoms with E-state index in [0.29, 0.717) is 11.5 Å². The second-order valence-electron chi connectivity index (χ2n) is 7.69. The van der Waals surface area contributed by atoms with E-state index in [9.17, 15) is 14.9 Å². The lowest BCUT2D eigenvalue weighted by Crippen LogP contribution is -2.73. The zero-order chi connectivity index (χ0) is 19.2. The second-order valence-corrected chi connectivity index (χ2v) is 10.5. The molecule has 2 amide bonds. The SMILES string of the molecule is CN1C(=O)[C@]23C[C@@](C)(C#N)[C@@H](c4ccc5c(c4)OCO5)N2C(=O)[C@@]1(C)SS3. The van der Waals surface area contributed by atoms with Crippen LogP contribution in [0.25, 0.3) is 0 Å². The molecule has 0 aliphatic carbocycles. The third-order valence-electron chi connectivity index (χ3n) is 6.06. The van der Waals surface area contributed by atoms with Crippen LogP contribution in [0.3, 0.4) is 0 Å². The standard InChI is InChI=1S/C18H17N3O4S2/c1-16(8-19)7-18-15(23)20(3)17(2,26-27-18)14(22)21(18)13(16)10-4-5-11-12(6-10)25-9-24-11/h4-6,13H,7,9H2,1-3H3/t13-,16+,17-,18-/m1/s1. The van der Waals surface area contributed by atoms with E-state index in [0.717, 1.165) is 5.56 Å². The highest BCUT2D eigenvalue weighted by molar-refractivity contribution is 8.78. The minimum Gasteiger partial charge on any atom is -0.454 e. The molecule has 6 rings (SSSR count). The molecule has 27 heavy (non-hydrogen) atoms. The average molecular weight is 403 g/mol. The first kappa shape index (κ1) is 17.1. The summed E-state index contributed by atoms with van der Waals surface area (Å²) in [6.07, 6.45) is 0.290. The largest absolute Gasteiger partial charge is 0.454 e. The summed E-state index contributed by atoms with van der Waals surface area (Å²) in [6.45, 7) is 3.75. The van der Waals surface area contributed by atoms with Crippen molar-refractivity contribution in [2.45, 2.75) is 36.1 Å². The lowest BCUT2D eigenvalue weighted by atomic mass is 9.79. The van der Waals surface area contributed by atoms with Gasteiger partial charge in [0, 0.05) is 13.5 Å². The monoisotopic (exact) mass is 403 g/mol. The van der Waals surface area contributed by atoms with E-state index in [4.69, 9.17) is 9.47 Å². The van der Waals surface area contributed by atoms with Gasteiger partial charge < -0.3 is 19.3 Å². The van der Waals surface area contributed by atoms with Gasteiger partial charge in [0.1, 0.15) is 0 Å². The summed E-state index contributed by atoms with van der Waals surface area (Å²) < 4.78 is 10.9. The highest BCUT2D eigenvalue weighted by Crippen LogP contribution is 2.69. The minimum absolute atomic E-state index is 0.113. The highest BCUT2D eigenvalue weighted by atomic mass is 33.1. The van der Waals surface area contributed by atoms with Gasteiger partial charge >= 0.3 is 0 Å². The molecule has 4 saturated heterocycles. The van der Waals surface area contributed by atoms with E-state index in [1.54, 1.807) is 24.9 Å². The van der Waals surface area contributed by atoms with E-state index in [1.165, 1.54) is 26.5 Å². The molecule has 4 atom stereocenters. The third-order valence-corrected chi connectivity index (χ3v) is 9.76. The Labute approximate surface area is 164 Å². The molecule has 0 aromatic heterocycles. The Morgan fingerprint density at radius 3 is 2.67 bits per heavy atom. The van der Waals surface area contributed by atoms with Crippen molar-refractivity contribution in [1.82, 2.24) is 9.80 Å². The van der Waals surface area contributed by atoms with Gasteiger partial charge in [-0.05, 0) is 31.5 Å². The first-order valence-corrected chi connectivity index (χ1v) is 10.7. The molecule has 5 heterocycles. The van der Waals surface area contributed by atoms with Crippen LogP contribution in [0.5, 0.6) is 11.5 Å². The maximum Gasteiger partial charge on any atom is 0.261 e. The quantitative estimate of drug-likeness (QED) is 0.666. The Bertz CT molecular complexity index is 949. The maximum absolute atomic E-state index is 13.5. The van der Waals surface area contributed by atoms with Gasteiger partial charge in [-0.15, -0.1) is 0 Å². The molecule has 0 unspecified atom stereocenters. The molecule has 2 bridgehead atoms. The van der Waals surface area contributed by atoms with Crippen LogP contribution in [0.4, 0.5) is 0 Å². The number of likely N-dealkylation sites (N-methyl/N-ethyl adjacent to an activating group) is 1. The Balaban J connectivity index is 1.71. The van der Waals surface area contributed by atoms with Crippen molar-refractivity contribution in [3.63, 3.8) is 0 Å². The minimum atomic E-state index is -1.06. The Morgan fingerprint density at radius 1 is 1.19 bits per heavy atom. The lowest BCUT2D eigenvalue weighted by molar-refractivity contribution is -0.164. The summed E-state index contributed by atoms with van der Waals surface area (Å²) in [4.78, 5) is 27.9. The summed E-state index contributed by atoms with van der Waals surface area (Å²) in [5.74, 6) is 0.998. The van der Waals surface area contributed by atoms with Gasteiger partial charge in [-0.2, -0.15) is 5.26 Å². The van der Waals surface area contributed by atoms with E-state index < -0.39 is 21.2 Å². The normalized spacial score (nSPS) is 39.0. The van der Waals surface area contributed by atoms with E-state index in [2.05, 4.69) is 6.07 Å². The predicted molar refractivity (Wildman–Crippen MR) is 99.6 cm³/mol. The average Bonchev–Trinajstić information content (AvgIpc) is 3.23. The summed E-state index contributed by atoms with van der Waals surface area (Å²) >= 11 is 0. The van der Waals surface area contributed by atoms with Crippen LogP contribution in [-0.4, -0.2) is 45.2 Å². The fourth-order valence-electron chi connectivity index (χ4n) is 4.50. The summed E-state index contributed by atoms with van der Waals surface area (Å²) in [6, 6.07) is 7.35. The van der Waals surface area contributed by atoms with Gasteiger partial charge in [-0.25, -0.2) is 0 Å². The fraction of sp³-hybridized carbons (Fsp3) is 0.500. The molecule has 4 fully saturated rings. The fourth-order valence-corrected chi connectivity index (χ4v) is 8.08. The Kier molecular flexibility index (Phi) is 3.20. The Morgan fingerprint density at radius 2 is 1.93 bits per heavy atom. The van der Waals surface area contributed by atoms with Crippen LogP contribution in [0.1, 0.15) is 31.9 Å². The number of benzene rings is 1. The van der Waals surface area contributed by atoms with E-state index in [1.807, 2.05) is 19.1 Å². The van der Waals surface area contributed by atoms with Crippen molar-refractivity contribution in [3.05, 3.63) is 23.8 Å². The molecule has 0 radical (unpaired) electrons. The van der Waals surface area contributed by atoms with Crippen LogP contribution in [0, 0.1) is 16.7 Å². The van der Waals surface area contributed by atoms with Gasteiger partial charge in [-0.3, -0.25) is 9.59 Å². The molecule has 0 saturated carbocycles. The number of amides is 2. The number of hydrogen-bond donors (Lipinski definition) is 0. The van der Waals surface area contributed by atoms with Crippen molar-refractivity contribution in [3.8, 4) is 17.6 Å². The van der Waals surface area contributed by atoms with Gasteiger partial charge in [-0.1, -0.05) is 27.7 Å². The number of carbonyl (C=O) groups excluding carboxylic acids is 2. The number of ether oxygens (including phenoxy) is 2. The zero-order valence-electron chi connectivity index (χ0n) is 15.0. The highest BCUT2D eigenvalue weighted by Gasteiger charge is 2.74. The van der Waals surface area contributed by atoms with E-state index >= 15 is 0 Å². The molecular weight excluding hydrogens is 386 g/mol. The number of rotatable bonds is 1.